The van der Waals surface area contributed by atoms with Crippen LogP contribution in [0.4, 0.5) is 5.69 Å². The highest BCUT2D eigenvalue weighted by atomic mass is 32.2. The van der Waals surface area contributed by atoms with Crippen LogP contribution in [-0.4, -0.2) is 0 Å². The molecule has 1 unspecified atom stereocenters. The zero-order valence-corrected chi connectivity index (χ0v) is 18.2. The molecule has 4 rings (SSSR count). The van der Waals surface area contributed by atoms with Crippen LogP contribution in [0.5, 0.6) is 0 Å². The van der Waals surface area contributed by atoms with Crippen LogP contribution in [0, 0.1) is 29.6 Å². The van der Waals surface area contributed by atoms with Crippen molar-refractivity contribution >= 4 is 17.4 Å². The average Bonchev–Trinajstić information content (AvgIpc) is 3.18. The first-order valence-corrected chi connectivity index (χ1v) is 10.9. The van der Waals surface area contributed by atoms with Crippen LogP contribution in [0.3, 0.4) is 0 Å². The number of hydrogen-bond acceptors (Lipinski definition) is 4. The molecule has 0 amide bonds. The van der Waals surface area contributed by atoms with Gasteiger partial charge in [0.25, 0.3) is 0 Å². The van der Waals surface area contributed by atoms with Crippen molar-refractivity contribution in [1.29, 1.82) is 10.5 Å². The lowest BCUT2D eigenvalue weighted by atomic mass is 9.89. The number of anilines is 1. The second-order valence-electron chi connectivity index (χ2n) is 8.07. The maximum Gasteiger partial charge on any atom is 0.102 e. The van der Waals surface area contributed by atoms with E-state index in [2.05, 4.69) is 50.3 Å². The molecule has 1 atom stereocenters. The Morgan fingerprint density at radius 1 is 0.967 bits per heavy atom. The van der Waals surface area contributed by atoms with Gasteiger partial charge in [0.15, 0.2) is 0 Å². The van der Waals surface area contributed by atoms with E-state index in [0.717, 1.165) is 33.6 Å². The van der Waals surface area contributed by atoms with Crippen molar-refractivity contribution in [2.75, 3.05) is 5.73 Å². The molecule has 3 aromatic carbocycles. The Morgan fingerprint density at radius 2 is 1.60 bits per heavy atom. The van der Waals surface area contributed by atoms with Gasteiger partial charge in [0, 0.05) is 15.7 Å². The van der Waals surface area contributed by atoms with Gasteiger partial charge in [-0.1, -0.05) is 67.9 Å². The number of fused-ring (bicyclic) bond motifs is 1. The minimum absolute atomic E-state index is 0.200. The largest absolute Gasteiger partial charge is 0.397 e. The van der Waals surface area contributed by atoms with Crippen LogP contribution < -0.4 is 5.73 Å². The lowest BCUT2D eigenvalue weighted by molar-refractivity contribution is 0.862. The Labute approximate surface area is 182 Å². The summed E-state index contributed by atoms with van der Waals surface area (Å²) in [6, 6.07) is 21.4. The Kier molecular flexibility index (Phi) is 5.29. The number of rotatable bonds is 3. The maximum absolute atomic E-state index is 9.88. The third-order valence-electron chi connectivity index (χ3n) is 5.78. The normalized spacial score (nSPS) is 14.9. The summed E-state index contributed by atoms with van der Waals surface area (Å²) in [5, 5.41) is 19.9. The van der Waals surface area contributed by atoms with Crippen molar-refractivity contribution in [3.63, 3.8) is 0 Å². The van der Waals surface area contributed by atoms with Crippen LogP contribution in [0.15, 0.2) is 53.4 Å². The summed E-state index contributed by atoms with van der Waals surface area (Å²) < 4.78 is 0. The Bertz CT molecular complexity index is 1190. The van der Waals surface area contributed by atoms with Gasteiger partial charge in [-0.05, 0) is 41.5 Å². The molecule has 1 aliphatic rings. The highest BCUT2D eigenvalue weighted by Crippen LogP contribution is 2.54. The minimum Gasteiger partial charge on any atom is -0.397 e. The van der Waals surface area contributed by atoms with Gasteiger partial charge < -0.3 is 5.73 Å². The highest BCUT2D eigenvalue weighted by molar-refractivity contribution is 8.00. The Morgan fingerprint density at radius 3 is 2.17 bits per heavy atom. The van der Waals surface area contributed by atoms with Crippen LogP contribution in [0.1, 0.15) is 58.4 Å². The van der Waals surface area contributed by atoms with E-state index in [-0.39, 0.29) is 5.25 Å². The van der Waals surface area contributed by atoms with Crippen LogP contribution in [0.25, 0.3) is 11.1 Å². The van der Waals surface area contributed by atoms with E-state index in [9.17, 15) is 10.5 Å². The summed E-state index contributed by atoms with van der Waals surface area (Å²) in [6.07, 6.45) is 0.735. The monoisotopic (exact) mass is 409 g/mol. The minimum atomic E-state index is 0.200. The van der Waals surface area contributed by atoms with Crippen molar-refractivity contribution in [2.45, 2.75) is 43.3 Å². The van der Waals surface area contributed by atoms with Gasteiger partial charge in [-0.3, -0.25) is 0 Å². The van der Waals surface area contributed by atoms with E-state index < -0.39 is 0 Å². The molecule has 4 heteroatoms. The lowest BCUT2D eigenvalue weighted by Crippen LogP contribution is -2.03. The number of thioether (sulfide) groups is 1. The molecule has 0 saturated carbocycles. The molecule has 148 valence electrons. The molecular formula is C26H23N3S. The van der Waals surface area contributed by atoms with E-state index in [4.69, 9.17) is 5.73 Å². The molecular weight excluding hydrogens is 386 g/mol. The first-order valence-electron chi connectivity index (χ1n) is 10.1. The van der Waals surface area contributed by atoms with E-state index in [1.165, 1.54) is 11.1 Å². The van der Waals surface area contributed by atoms with Crippen LogP contribution in [-0.2, 0) is 6.42 Å². The molecule has 1 aliphatic heterocycles. The summed E-state index contributed by atoms with van der Waals surface area (Å²) in [6.45, 7) is 6.42. The lowest BCUT2D eigenvalue weighted by Gasteiger charge is -2.15. The van der Waals surface area contributed by atoms with Crippen molar-refractivity contribution in [1.82, 2.24) is 0 Å². The number of nitrogens with zero attached hydrogens (tertiary/aromatic N) is 2. The van der Waals surface area contributed by atoms with Gasteiger partial charge in [-0.15, -0.1) is 11.8 Å². The molecule has 1 heterocycles. The predicted molar refractivity (Wildman–Crippen MR) is 123 cm³/mol. The van der Waals surface area contributed by atoms with Gasteiger partial charge in [-0.25, -0.2) is 0 Å². The van der Waals surface area contributed by atoms with Crippen molar-refractivity contribution < 1.29 is 0 Å². The summed E-state index contributed by atoms with van der Waals surface area (Å²) in [5.41, 5.74) is 14.0. The molecule has 0 fully saturated rings. The summed E-state index contributed by atoms with van der Waals surface area (Å²) in [7, 11) is 0. The van der Waals surface area contributed by atoms with Gasteiger partial charge in [-0.2, -0.15) is 10.5 Å². The van der Waals surface area contributed by atoms with E-state index in [1.54, 1.807) is 11.8 Å². The van der Waals surface area contributed by atoms with Crippen LogP contribution in [0.2, 0.25) is 0 Å². The second kappa shape index (κ2) is 7.90. The van der Waals surface area contributed by atoms with E-state index >= 15 is 0 Å². The summed E-state index contributed by atoms with van der Waals surface area (Å²) in [4.78, 5) is 1.01. The number of benzene rings is 3. The fourth-order valence-corrected chi connectivity index (χ4v) is 5.51. The molecule has 0 aliphatic carbocycles. The quantitative estimate of drug-likeness (QED) is 0.501. The van der Waals surface area contributed by atoms with E-state index in [0.29, 0.717) is 22.7 Å². The predicted octanol–water partition coefficient (Wildman–Crippen LogP) is 6.50. The molecule has 3 aromatic rings. The molecule has 0 spiro atoms. The second-order valence-corrected chi connectivity index (χ2v) is 9.28. The number of nitrogen functional groups attached to an aromatic ring is 1. The standard InChI is InChI=1S/C26H23N3S/c1-15(2)17-8-10-18(11-9-17)23-12-20-21(13-27)25(29)22(14-28)24(26(20)30-23)19-6-4-16(3)5-7-19/h4-11,15,23H,12,29H2,1-3H3. The molecule has 0 radical (unpaired) electrons. The van der Waals surface area contributed by atoms with Crippen molar-refractivity contribution in [3.8, 4) is 23.3 Å². The highest BCUT2D eigenvalue weighted by Gasteiger charge is 2.32. The molecule has 0 saturated heterocycles. The first-order chi connectivity index (χ1) is 14.4. The number of hydrogen-bond donors (Lipinski definition) is 1. The van der Waals surface area contributed by atoms with Gasteiger partial charge in [0.05, 0.1) is 16.8 Å². The third kappa shape index (κ3) is 3.34. The Hall–Kier alpha value is -3.21. The molecule has 0 aromatic heterocycles. The fraction of sp³-hybridized carbons (Fsp3) is 0.231. The SMILES string of the molecule is Cc1ccc(-c2c(C#N)c(N)c(C#N)c3c2SC(c2ccc(C(C)C)cc2)C3)cc1. The number of aryl methyl sites for hydroxylation is 1. The number of nitriles is 2. The molecule has 2 N–H and O–H groups in total. The topological polar surface area (TPSA) is 73.6 Å². The molecule has 30 heavy (non-hydrogen) atoms. The molecule has 3 nitrogen and oxygen atoms in total. The zero-order valence-electron chi connectivity index (χ0n) is 17.4. The van der Waals surface area contributed by atoms with Gasteiger partial charge in [0.1, 0.15) is 12.1 Å². The Balaban J connectivity index is 1.86. The average molecular weight is 410 g/mol. The summed E-state index contributed by atoms with van der Waals surface area (Å²) >= 11 is 1.74. The smallest absolute Gasteiger partial charge is 0.102 e. The van der Waals surface area contributed by atoms with E-state index in [1.807, 2.05) is 31.2 Å². The first kappa shape index (κ1) is 20.1. The van der Waals surface area contributed by atoms with Gasteiger partial charge >= 0.3 is 0 Å². The van der Waals surface area contributed by atoms with Gasteiger partial charge in [0.2, 0.25) is 0 Å². The fourth-order valence-electron chi connectivity index (χ4n) is 4.02. The third-order valence-corrected chi connectivity index (χ3v) is 7.19. The molecule has 0 bridgehead atoms. The van der Waals surface area contributed by atoms with Crippen molar-refractivity contribution in [2.24, 2.45) is 0 Å². The van der Waals surface area contributed by atoms with Crippen LogP contribution >= 0.6 is 11.8 Å². The van der Waals surface area contributed by atoms with Crippen molar-refractivity contribution in [3.05, 3.63) is 81.9 Å². The maximum atomic E-state index is 9.88. The zero-order chi connectivity index (χ0) is 21.4. The number of nitrogens with two attached hydrogens (primary N) is 1. The summed E-state index contributed by atoms with van der Waals surface area (Å²) in [5.74, 6) is 0.490.